The second-order valence-corrected chi connectivity index (χ2v) is 3.40. The number of carbonyl (C=O) groups is 1. The van der Waals surface area contributed by atoms with E-state index in [1.54, 1.807) is 7.11 Å². The largest absolute Gasteiger partial charge is 0.383 e. The fourth-order valence-electron chi connectivity index (χ4n) is 1.22. The Balaban J connectivity index is 2.42. The molecular weight excluding hydrogens is 226 g/mol. The molecule has 0 radical (unpaired) electrons. The highest BCUT2D eigenvalue weighted by atomic mass is 16.5. The zero-order valence-corrected chi connectivity index (χ0v) is 9.56. The first-order valence-corrected chi connectivity index (χ1v) is 5.19. The number of rotatable bonds is 6. The van der Waals surface area contributed by atoms with Gasteiger partial charge < -0.3 is 14.6 Å². The van der Waals surface area contributed by atoms with Gasteiger partial charge >= 0.3 is 5.69 Å². The number of aromatic nitrogens is 2. The Labute approximate surface area is 97.4 Å². The zero-order chi connectivity index (χ0) is 12.7. The standard InChI is InChI=1S/C10H15N3O4/c1-17-7-4-11-8(14)2-5-13-6-3-9(15)12-10(13)16/h3,6H,2,4-5,7H2,1H3,(H,11,14)(H,12,15,16). The summed E-state index contributed by atoms with van der Waals surface area (Å²) in [4.78, 5) is 35.5. The van der Waals surface area contributed by atoms with Gasteiger partial charge in [0.15, 0.2) is 0 Å². The van der Waals surface area contributed by atoms with E-state index >= 15 is 0 Å². The molecule has 2 N–H and O–H groups in total. The maximum Gasteiger partial charge on any atom is 0.328 e. The third-order valence-electron chi connectivity index (χ3n) is 2.10. The van der Waals surface area contributed by atoms with Gasteiger partial charge in [0.25, 0.3) is 5.56 Å². The average Bonchev–Trinajstić information content (AvgIpc) is 2.28. The van der Waals surface area contributed by atoms with E-state index in [0.29, 0.717) is 13.2 Å². The summed E-state index contributed by atoms with van der Waals surface area (Å²) in [5.74, 6) is -0.167. The lowest BCUT2D eigenvalue weighted by Crippen LogP contribution is -2.32. The van der Waals surface area contributed by atoms with Crippen molar-refractivity contribution in [2.45, 2.75) is 13.0 Å². The minimum atomic E-state index is -0.512. The Hall–Kier alpha value is -1.89. The second-order valence-electron chi connectivity index (χ2n) is 3.40. The fraction of sp³-hybridized carbons (Fsp3) is 0.500. The Morgan fingerprint density at radius 3 is 2.94 bits per heavy atom. The van der Waals surface area contributed by atoms with Crippen molar-refractivity contribution in [3.05, 3.63) is 33.1 Å². The van der Waals surface area contributed by atoms with Gasteiger partial charge in [0.1, 0.15) is 0 Å². The lowest BCUT2D eigenvalue weighted by Gasteiger charge is -2.05. The summed E-state index contributed by atoms with van der Waals surface area (Å²) >= 11 is 0. The molecule has 94 valence electrons. The van der Waals surface area contributed by atoms with E-state index < -0.39 is 11.2 Å². The van der Waals surface area contributed by atoms with Crippen LogP contribution in [-0.2, 0) is 16.1 Å². The minimum absolute atomic E-state index is 0.167. The molecule has 7 nitrogen and oxygen atoms in total. The maximum absolute atomic E-state index is 11.3. The molecule has 1 rings (SSSR count). The van der Waals surface area contributed by atoms with Gasteiger partial charge in [-0.05, 0) is 0 Å². The van der Waals surface area contributed by atoms with Crippen LogP contribution in [0, 0.1) is 0 Å². The van der Waals surface area contributed by atoms with E-state index in [1.807, 2.05) is 0 Å². The van der Waals surface area contributed by atoms with Gasteiger partial charge in [-0.2, -0.15) is 0 Å². The number of amides is 1. The Kier molecular flexibility index (Phi) is 5.15. The smallest absolute Gasteiger partial charge is 0.328 e. The highest BCUT2D eigenvalue weighted by Gasteiger charge is 2.02. The number of hydrogen-bond donors (Lipinski definition) is 2. The molecule has 7 heteroatoms. The van der Waals surface area contributed by atoms with Crippen LogP contribution in [0.5, 0.6) is 0 Å². The van der Waals surface area contributed by atoms with Crippen LogP contribution in [0.25, 0.3) is 0 Å². The molecule has 1 aromatic heterocycles. The van der Waals surface area contributed by atoms with Crippen LogP contribution >= 0.6 is 0 Å². The number of nitrogens with one attached hydrogen (secondary N) is 2. The van der Waals surface area contributed by atoms with Crippen LogP contribution in [0.3, 0.4) is 0 Å². The Bertz CT molecular complexity index is 477. The summed E-state index contributed by atoms with van der Waals surface area (Å²) in [7, 11) is 1.55. The molecule has 0 saturated carbocycles. The van der Waals surface area contributed by atoms with E-state index in [1.165, 1.54) is 16.8 Å². The van der Waals surface area contributed by atoms with Crippen molar-refractivity contribution in [2.24, 2.45) is 0 Å². The van der Waals surface area contributed by atoms with Crippen molar-refractivity contribution in [1.29, 1.82) is 0 Å². The third kappa shape index (κ3) is 4.64. The van der Waals surface area contributed by atoms with Crippen molar-refractivity contribution in [1.82, 2.24) is 14.9 Å². The van der Waals surface area contributed by atoms with Crippen molar-refractivity contribution in [2.75, 3.05) is 20.3 Å². The summed E-state index contributed by atoms with van der Waals surface area (Å²) in [5.41, 5.74) is -0.960. The molecule has 0 aliphatic heterocycles. The van der Waals surface area contributed by atoms with Crippen LogP contribution in [0.1, 0.15) is 6.42 Å². The van der Waals surface area contributed by atoms with Crippen molar-refractivity contribution in [3.63, 3.8) is 0 Å². The molecule has 0 bridgehead atoms. The lowest BCUT2D eigenvalue weighted by atomic mass is 10.4. The second kappa shape index (κ2) is 6.64. The number of carbonyl (C=O) groups excluding carboxylic acids is 1. The monoisotopic (exact) mass is 241 g/mol. The van der Waals surface area contributed by atoms with Crippen molar-refractivity contribution in [3.8, 4) is 0 Å². The number of aryl methyl sites for hydroxylation is 1. The number of aromatic amines is 1. The third-order valence-corrected chi connectivity index (χ3v) is 2.10. The molecule has 0 aliphatic carbocycles. The van der Waals surface area contributed by atoms with Crippen LogP contribution < -0.4 is 16.6 Å². The van der Waals surface area contributed by atoms with Gasteiger partial charge in [0.2, 0.25) is 5.91 Å². The molecule has 1 heterocycles. The predicted molar refractivity (Wildman–Crippen MR) is 60.8 cm³/mol. The van der Waals surface area contributed by atoms with E-state index in [-0.39, 0.29) is 18.9 Å². The van der Waals surface area contributed by atoms with E-state index in [0.717, 1.165) is 0 Å². The van der Waals surface area contributed by atoms with Gasteiger partial charge in [-0.25, -0.2) is 4.79 Å². The summed E-state index contributed by atoms with van der Waals surface area (Å²) in [6, 6.07) is 1.24. The number of H-pyrrole nitrogens is 1. The molecule has 0 saturated heterocycles. The molecule has 1 amide bonds. The van der Waals surface area contributed by atoms with Gasteiger partial charge in [-0.3, -0.25) is 14.6 Å². The molecule has 0 aromatic carbocycles. The van der Waals surface area contributed by atoms with Crippen LogP contribution in [-0.4, -0.2) is 35.7 Å². The number of ether oxygens (including phenoxy) is 1. The van der Waals surface area contributed by atoms with E-state index in [9.17, 15) is 14.4 Å². The lowest BCUT2D eigenvalue weighted by molar-refractivity contribution is -0.121. The van der Waals surface area contributed by atoms with Gasteiger partial charge in [0.05, 0.1) is 6.61 Å². The normalized spacial score (nSPS) is 10.2. The molecular formula is C10H15N3O4. The quantitative estimate of drug-likeness (QED) is 0.605. The first kappa shape index (κ1) is 13.2. The zero-order valence-electron chi connectivity index (χ0n) is 9.56. The van der Waals surface area contributed by atoms with Gasteiger partial charge in [-0.15, -0.1) is 0 Å². The first-order valence-electron chi connectivity index (χ1n) is 5.19. The van der Waals surface area contributed by atoms with Gasteiger partial charge in [-0.1, -0.05) is 0 Å². The van der Waals surface area contributed by atoms with E-state index in [2.05, 4.69) is 10.3 Å². The molecule has 0 aliphatic rings. The molecule has 0 atom stereocenters. The summed E-state index contributed by atoms with van der Waals surface area (Å²) in [5, 5.41) is 2.63. The molecule has 0 spiro atoms. The average molecular weight is 241 g/mol. The SMILES string of the molecule is COCCNC(=O)CCn1ccc(=O)[nH]c1=O. The number of hydrogen-bond acceptors (Lipinski definition) is 4. The topological polar surface area (TPSA) is 93.2 Å². The summed E-state index contributed by atoms with van der Waals surface area (Å²) < 4.78 is 6.05. The van der Waals surface area contributed by atoms with Crippen LogP contribution in [0.2, 0.25) is 0 Å². The van der Waals surface area contributed by atoms with Crippen LogP contribution in [0.4, 0.5) is 0 Å². The van der Waals surface area contributed by atoms with Crippen molar-refractivity contribution >= 4 is 5.91 Å². The number of nitrogens with zero attached hydrogens (tertiary/aromatic N) is 1. The molecule has 17 heavy (non-hydrogen) atoms. The highest BCUT2D eigenvalue weighted by molar-refractivity contribution is 5.75. The molecule has 0 fully saturated rings. The predicted octanol–water partition coefficient (Wildman–Crippen LogP) is -1.31. The summed E-state index contributed by atoms with van der Waals surface area (Å²) in [6.45, 7) is 1.12. The van der Waals surface area contributed by atoms with Crippen LogP contribution in [0.15, 0.2) is 21.9 Å². The van der Waals surface area contributed by atoms with E-state index in [4.69, 9.17) is 4.74 Å². The Morgan fingerprint density at radius 1 is 1.53 bits per heavy atom. The Morgan fingerprint density at radius 2 is 2.29 bits per heavy atom. The summed E-state index contributed by atoms with van der Waals surface area (Å²) in [6.07, 6.45) is 1.54. The van der Waals surface area contributed by atoms with Crippen molar-refractivity contribution < 1.29 is 9.53 Å². The molecule has 0 unspecified atom stereocenters. The maximum atomic E-state index is 11.3. The number of methoxy groups -OCH3 is 1. The highest BCUT2D eigenvalue weighted by Crippen LogP contribution is 1.85. The minimum Gasteiger partial charge on any atom is -0.383 e. The molecule has 1 aromatic rings. The fourth-order valence-corrected chi connectivity index (χ4v) is 1.22. The first-order chi connectivity index (χ1) is 8.13. The van der Waals surface area contributed by atoms with Gasteiger partial charge in [0, 0.05) is 38.9 Å².